The highest BCUT2D eigenvalue weighted by Gasteiger charge is 2.10. The van der Waals surface area contributed by atoms with Gasteiger partial charge in [-0.2, -0.15) is 0 Å². The molecule has 1 aromatic rings. The van der Waals surface area contributed by atoms with Crippen molar-refractivity contribution in [3.63, 3.8) is 0 Å². The standard InChI is InChI=1S/C10H15ClN2O2/c1-6(2)5-8-12-7(10(11)13-8)3-4-9(14)15/h6H,3-5H2,1-2H3,(H,12,13)(H,14,15). The van der Waals surface area contributed by atoms with E-state index >= 15 is 0 Å². The molecule has 0 atom stereocenters. The molecule has 0 fully saturated rings. The van der Waals surface area contributed by atoms with Gasteiger partial charge in [0.1, 0.15) is 11.0 Å². The zero-order valence-electron chi connectivity index (χ0n) is 8.88. The van der Waals surface area contributed by atoms with Gasteiger partial charge >= 0.3 is 5.97 Å². The van der Waals surface area contributed by atoms with Crippen LogP contribution in [0.3, 0.4) is 0 Å². The molecule has 1 rings (SSSR count). The van der Waals surface area contributed by atoms with Crippen molar-refractivity contribution in [2.75, 3.05) is 0 Å². The van der Waals surface area contributed by atoms with E-state index in [1.54, 1.807) is 0 Å². The average molecular weight is 231 g/mol. The number of hydrogen-bond donors (Lipinski definition) is 2. The van der Waals surface area contributed by atoms with Crippen LogP contribution in [-0.4, -0.2) is 21.0 Å². The number of imidazole rings is 1. The first-order chi connectivity index (χ1) is 6.99. The summed E-state index contributed by atoms with van der Waals surface area (Å²) in [5, 5.41) is 8.94. The summed E-state index contributed by atoms with van der Waals surface area (Å²) >= 11 is 5.88. The van der Waals surface area contributed by atoms with Crippen LogP contribution in [0.1, 0.15) is 31.8 Å². The summed E-state index contributed by atoms with van der Waals surface area (Å²) in [7, 11) is 0. The van der Waals surface area contributed by atoms with Crippen molar-refractivity contribution in [2.24, 2.45) is 5.92 Å². The minimum atomic E-state index is -0.828. The van der Waals surface area contributed by atoms with Crippen molar-refractivity contribution in [1.29, 1.82) is 0 Å². The molecule has 5 heteroatoms. The van der Waals surface area contributed by atoms with Crippen LogP contribution in [0.5, 0.6) is 0 Å². The highest BCUT2D eigenvalue weighted by molar-refractivity contribution is 6.30. The van der Waals surface area contributed by atoms with E-state index in [9.17, 15) is 4.79 Å². The summed E-state index contributed by atoms with van der Waals surface area (Å²) in [5.41, 5.74) is 0.717. The summed E-state index contributed by atoms with van der Waals surface area (Å²) < 4.78 is 0. The molecule has 15 heavy (non-hydrogen) atoms. The second-order valence-corrected chi connectivity index (χ2v) is 4.30. The van der Waals surface area contributed by atoms with Gasteiger partial charge in [-0.05, 0) is 5.92 Å². The van der Waals surface area contributed by atoms with E-state index in [-0.39, 0.29) is 6.42 Å². The van der Waals surface area contributed by atoms with E-state index in [0.29, 0.717) is 17.5 Å². The quantitative estimate of drug-likeness (QED) is 0.816. The lowest BCUT2D eigenvalue weighted by molar-refractivity contribution is -0.136. The molecule has 0 spiro atoms. The maximum absolute atomic E-state index is 10.4. The summed E-state index contributed by atoms with van der Waals surface area (Å²) in [6.07, 6.45) is 1.30. The molecule has 84 valence electrons. The molecule has 0 unspecified atom stereocenters. The first kappa shape index (κ1) is 12.0. The van der Waals surface area contributed by atoms with Gasteiger partial charge in [-0.3, -0.25) is 4.79 Å². The number of halogens is 1. The van der Waals surface area contributed by atoms with Crippen molar-refractivity contribution in [3.05, 3.63) is 16.7 Å². The van der Waals surface area contributed by atoms with E-state index in [1.165, 1.54) is 0 Å². The SMILES string of the molecule is CC(C)Cc1nc(Cl)c(CCC(=O)O)[nH]1. The molecule has 1 aromatic heterocycles. The van der Waals surface area contributed by atoms with Crippen molar-refractivity contribution >= 4 is 17.6 Å². The van der Waals surface area contributed by atoms with E-state index < -0.39 is 5.97 Å². The number of carboxylic acid groups (broad SMARTS) is 1. The van der Waals surface area contributed by atoms with Crippen molar-refractivity contribution in [3.8, 4) is 0 Å². The molecule has 0 bridgehead atoms. The number of rotatable bonds is 5. The largest absolute Gasteiger partial charge is 0.481 e. The second kappa shape index (κ2) is 5.16. The maximum atomic E-state index is 10.4. The van der Waals surface area contributed by atoms with Gasteiger partial charge in [-0.1, -0.05) is 25.4 Å². The molecule has 1 heterocycles. The van der Waals surface area contributed by atoms with E-state index in [1.807, 2.05) is 0 Å². The molecule has 0 saturated carbocycles. The Balaban J connectivity index is 2.64. The number of aliphatic carboxylic acids is 1. The fourth-order valence-corrected chi connectivity index (χ4v) is 1.56. The Labute approximate surface area is 93.7 Å². The highest BCUT2D eigenvalue weighted by atomic mass is 35.5. The van der Waals surface area contributed by atoms with E-state index in [0.717, 1.165) is 17.9 Å². The molecule has 2 N–H and O–H groups in total. The third kappa shape index (κ3) is 3.91. The minimum absolute atomic E-state index is 0.0725. The lowest BCUT2D eigenvalue weighted by Gasteiger charge is -1.99. The van der Waals surface area contributed by atoms with Gasteiger partial charge in [0.05, 0.1) is 12.1 Å². The van der Waals surface area contributed by atoms with Crippen LogP contribution in [0.2, 0.25) is 5.15 Å². The van der Waals surface area contributed by atoms with Gasteiger partial charge in [0, 0.05) is 12.8 Å². The second-order valence-electron chi connectivity index (χ2n) is 3.94. The van der Waals surface area contributed by atoms with E-state index in [4.69, 9.17) is 16.7 Å². The van der Waals surface area contributed by atoms with Gasteiger partial charge < -0.3 is 10.1 Å². The molecule has 0 aliphatic heterocycles. The van der Waals surface area contributed by atoms with Crippen molar-refractivity contribution in [1.82, 2.24) is 9.97 Å². The first-order valence-electron chi connectivity index (χ1n) is 4.94. The minimum Gasteiger partial charge on any atom is -0.481 e. The molecule has 0 saturated heterocycles. The molecule has 0 amide bonds. The molecule has 0 radical (unpaired) electrons. The number of nitrogens with one attached hydrogen (secondary N) is 1. The molecule has 0 aromatic carbocycles. The summed E-state index contributed by atoms with van der Waals surface area (Å²) in [4.78, 5) is 17.6. The number of nitrogens with zero attached hydrogens (tertiary/aromatic N) is 1. The van der Waals surface area contributed by atoms with Gasteiger partial charge in [0.25, 0.3) is 0 Å². The molecular formula is C10H15ClN2O2. The van der Waals surface area contributed by atoms with Gasteiger partial charge in [0.2, 0.25) is 0 Å². The summed E-state index contributed by atoms with van der Waals surface area (Å²) in [5.74, 6) is 0.501. The van der Waals surface area contributed by atoms with Crippen molar-refractivity contribution < 1.29 is 9.90 Å². The van der Waals surface area contributed by atoms with Crippen LogP contribution in [0.25, 0.3) is 0 Å². The lowest BCUT2D eigenvalue weighted by atomic mass is 10.1. The molecule has 0 aliphatic carbocycles. The molecular weight excluding hydrogens is 216 g/mol. The van der Waals surface area contributed by atoms with Crippen LogP contribution < -0.4 is 0 Å². The number of aryl methyl sites for hydroxylation is 1. The number of carboxylic acids is 1. The van der Waals surface area contributed by atoms with Crippen LogP contribution in [0, 0.1) is 5.92 Å². The Hall–Kier alpha value is -1.03. The van der Waals surface area contributed by atoms with Crippen LogP contribution >= 0.6 is 11.6 Å². The number of carbonyl (C=O) groups is 1. The number of hydrogen-bond acceptors (Lipinski definition) is 2. The predicted octanol–water partition coefficient (Wildman–Crippen LogP) is 2.28. The molecule has 4 nitrogen and oxygen atoms in total. The number of aromatic amines is 1. The fraction of sp³-hybridized carbons (Fsp3) is 0.600. The Morgan fingerprint density at radius 3 is 2.80 bits per heavy atom. The predicted molar refractivity (Wildman–Crippen MR) is 58.1 cm³/mol. The normalized spacial score (nSPS) is 10.9. The average Bonchev–Trinajstić information content (AvgIpc) is 2.41. The molecule has 0 aliphatic rings. The third-order valence-electron chi connectivity index (χ3n) is 1.97. The summed E-state index contributed by atoms with van der Waals surface area (Å²) in [6, 6.07) is 0. The van der Waals surface area contributed by atoms with Crippen LogP contribution in [0.15, 0.2) is 0 Å². The number of aromatic nitrogens is 2. The lowest BCUT2D eigenvalue weighted by Crippen LogP contribution is -1.99. The topological polar surface area (TPSA) is 66.0 Å². The van der Waals surface area contributed by atoms with Crippen LogP contribution in [0.4, 0.5) is 0 Å². The fourth-order valence-electron chi connectivity index (χ4n) is 1.32. The monoisotopic (exact) mass is 230 g/mol. The Bertz CT molecular complexity index is 347. The van der Waals surface area contributed by atoms with Crippen molar-refractivity contribution in [2.45, 2.75) is 33.1 Å². The highest BCUT2D eigenvalue weighted by Crippen LogP contribution is 2.16. The summed E-state index contributed by atoms with van der Waals surface area (Å²) in [6.45, 7) is 4.18. The van der Waals surface area contributed by atoms with E-state index in [2.05, 4.69) is 23.8 Å². The number of H-pyrrole nitrogens is 1. The zero-order valence-corrected chi connectivity index (χ0v) is 9.64. The zero-order chi connectivity index (χ0) is 11.4. The Morgan fingerprint density at radius 1 is 1.60 bits per heavy atom. The van der Waals surface area contributed by atoms with Gasteiger partial charge in [0.15, 0.2) is 0 Å². The third-order valence-corrected chi connectivity index (χ3v) is 2.28. The maximum Gasteiger partial charge on any atom is 0.303 e. The van der Waals surface area contributed by atoms with Gasteiger partial charge in [-0.15, -0.1) is 0 Å². The van der Waals surface area contributed by atoms with Gasteiger partial charge in [-0.25, -0.2) is 4.98 Å². The smallest absolute Gasteiger partial charge is 0.303 e. The first-order valence-corrected chi connectivity index (χ1v) is 5.32. The van der Waals surface area contributed by atoms with Crippen LogP contribution in [-0.2, 0) is 17.6 Å². The Morgan fingerprint density at radius 2 is 2.27 bits per heavy atom. The Kier molecular flexibility index (Phi) is 4.15.